The lowest BCUT2D eigenvalue weighted by Crippen LogP contribution is -2.53. The molecule has 6 nitrogen and oxygen atoms in total. The predicted molar refractivity (Wildman–Crippen MR) is 119 cm³/mol. The molecule has 9 heteroatoms. The third-order valence-corrected chi connectivity index (χ3v) is 5.39. The van der Waals surface area contributed by atoms with E-state index in [1.54, 1.807) is 16.9 Å². The highest BCUT2D eigenvalue weighted by molar-refractivity contribution is 6.31. The van der Waals surface area contributed by atoms with Crippen LogP contribution in [-0.4, -0.2) is 46.3 Å². The van der Waals surface area contributed by atoms with E-state index in [0.717, 1.165) is 25.1 Å². The van der Waals surface area contributed by atoms with Crippen LogP contribution in [0.3, 0.4) is 0 Å². The molecular weight excluding hydrogens is 421 g/mol. The molecule has 3 N–H and O–H groups in total. The van der Waals surface area contributed by atoms with Crippen LogP contribution in [-0.2, 0) is 11.3 Å². The fraction of sp³-hybridized carbons (Fsp3) is 0.474. The number of rotatable bonds is 5. The highest BCUT2D eigenvalue weighted by Crippen LogP contribution is 2.27. The number of amides is 1. The Morgan fingerprint density at radius 3 is 2.71 bits per heavy atom. The molecule has 1 amide bonds. The quantitative estimate of drug-likeness (QED) is 0.735. The van der Waals surface area contributed by atoms with Crippen LogP contribution in [0.5, 0.6) is 0 Å². The summed E-state index contributed by atoms with van der Waals surface area (Å²) in [4.78, 5) is 14.7. The second kappa shape index (κ2) is 10.5. The minimum absolute atomic E-state index is 0. The number of nitrogens with one attached hydrogen (secondary N) is 1. The predicted octanol–water partition coefficient (Wildman–Crippen LogP) is 3.43. The van der Waals surface area contributed by atoms with E-state index in [1.165, 1.54) is 0 Å². The molecule has 1 aliphatic rings. The topological polar surface area (TPSA) is 76.2 Å². The van der Waals surface area contributed by atoms with Crippen LogP contribution in [0.25, 0.3) is 0 Å². The van der Waals surface area contributed by atoms with Gasteiger partial charge in [0.05, 0.1) is 19.3 Å². The lowest BCUT2D eigenvalue weighted by Gasteiger charge is -2.42. The summed E-state index contributed by atoms with van der Waals surface area (Å²) in [7, 11) is 0. The molecular formula is C19H28Cl3N5O. The van der Waals surface area contributed by atoms with Crippen LogP contribution in [0.2, 0.25) is 5.02 Å². The van der Waals surface area contributed by atoms with Gasteiger partial charge in [0.2, 0.25) is 5.91 Å². The molecule has 1 aromatic heterocycles. The van der Waals surface area contributed by atoms with E-state index in [0.29, 0.717) is 23.9 Å². The van der Waals surface area contributed by atoms with Crippen LogP contribution in [0.4, 0.5) is 5.82 Å². The number of halogens is 3. The largest absolute Gasteiger partial charge is 0.327 e. The Morgan fingerprint density at radius 1 is 1.32 bits per heavy atom. The smallest absolute Gasteiger partial charge is 0.239 e. The number of carbonyl (C=O) groups is 1. The Balaban J connectivity index is 0.00000196. The Morgan fingerprint density at radius 2 is 2.04 bits per heavy atom. The molecule has 1 aliphatic heterocycles. The van der Waals surface area contributed by atoms with E-state index < -0.39 is 0 Å². The van der Waals surface area contributed by atoms with Crippen molar-refractivity contribution in [1.29, 1.82) is 0 Å². The van der Waals surface area contributed by atoms with Crippen molar-refractivity contribution in [3.8, 4) is 0 Å². The fourth-order valence-electron chi connectivity index (χ4n) is 3.36. The highest BCUT2D eigenvalue weighted by atomic mass is 35.5. The molecule has 1 atom stereocenters. The average Bonchev–Trinajstić information content (AvgIpc) is 2.99. The molecule has 2 aromatic rings. The molecule has 0 bridgehead atoms. The minimum atomic E-state index is -0.0443. The van der Waals surface area contributed by atoms with Crippen LogP contribution in [0, 0.1) is 5.41 Å². The monoisotopic (exact) mass is 447 g/mol. The first-order valence-electron chi connectivity index (χ1n) is 8.88. The van der Waals surface area contributed by atoms with Gasteiger partial charge in [-0.1, -0.05) is 43.6 Å². The van der Waals surface area contributed by atoms with E-state index in [2.05, 4.69) is 29.2 Å². The molecule has 1 unspecified atom stereocenters. The van der Waals surface area contributed by atoms with Crippen molar-refractivity contribution in [2.75, 3.05) is 25.0 Å². The minimum Gasteiger partial charge on any atom is -0.327 e. The van der Waals surface area contributed by atoms with Gasteiger partial charge in [-0.15, -0.1) is 24.8 Å². The number of likely N-dealkylation sites (tertiary alicyclic amines) is 1. The molecule has 0 spiro atoms. The van der Waals surface area contributed by atoms with Gasteiger partial charge in [-0.2, -0.15) is 5.10 Å². The number of aromatic nitrogens is 2. The van der Waals surface area contributed by atoms with E-state index in [1.807, 2.05) is 24.3 Å². The van der Waals surface area contributed by atoms with E-state index in [9.17, 15) is 4.79 Å². The number of anilines is 1. The first kappa shape index (κ1) is 24.7. The van der Waals surface area contributed by atoms with Gasteiger partial charge in [-0.25, -0.2) is 4.68 Å². The summed E-state index contributed by atoms with van der Waals surface area (Å²) in [6.45, 7) is 6.83. The van der Waals surface area contributed by atoms with Crippen molar-refractivity contribution < 1.29 is 4.79 Å². The Labute approximate surface area is 183 Å². The zero-order valence-electron chi connectivity index (χ0n) is 16.1. The molecule has 1 aromatic carbocycles. The molecule has 0 saturated carbocycles. The van der Waals surface area contributed by atoms with Crippen molar-refractivity contribution in [1.82, 2.24) is 14.7 Å². The van der Waals surface area contributed by atoms with Crippen molar-refractivity contribution in [3.63, 3.8) is 0 Å². The summed E-state index contributed by atoms with van der Waals surface area (Å²) < 4.78 is 1.75. The van der Waals surface area contributed by atoms with Crippen LogP contribution < -0.4 is 11.1 Å². The van der Waals surface area contributed by atoms with Gasteiger partial charge in [0.15, 0.2) is 0 Å². The number of piperidine rings is 1. The van der Waals surface area contributed by atoms with Gasteiger partial charge in [0.1, 0.15) is 5.82 Å². The molecule has 2 heterocycles. The second-order valence-electron chi connectivity index (χ2n) is 7.61. The second-order valence-corrected chi connectivity index (χ2v) is 8.02. The lowest BCUT2D eigenvalue weighted by molar-refractivity contribution is -0.118. The summed E-state index contributed by atoms with van der Waals surface area (Å²) >= 11 is 6.22. The van der Waals surface area contributed by atoms with Crippen molar-refractivity contribution in [3.05, 3.63) is 47.1 Å². The fourth-order valence-corrected chi connectivity index (χ4v) is 3.55. The van der Waals surface area contributed by atoms with E-state index in [4.69, 9.17) is 17.3 Å². The maximum absolute atomic E-state index is 12.5. The van der Waals surface area contributed by atoms with Crippen molar-refractivity contribution in [2.45, 2.75) is 32.9 Å². The van der Waals surface area contributed by atoms with Gasteiger partial charge in [-0.3, -0.25) is 9.69 Å². The van der Waals surface area contributed by atoms with Crippen molar-refractivity contribution in [2.24, 2.45) is 11.1 Å². The Bertz CT molecular complexity index is 780. The van der Waals surface area contributed by atoms with Crippen LogP contribution in [0.1, 0.15) is 25.8 Å². The molecule has 1 saturated heterocycles. The van der Waals surface area contributed by atoms with Crippen LogP contribution >= 0.6 is 36.4 Å². The molecule has 3 rings (SSSR count). The number of hydrogen-bond acceptors (Lipinski definition) is 4. The number of benzene rings is 1. The van der Waals surface area contributed by atoms with E-state index >= 15 is 0 Å². The maximum Gasteiger partial charge on any atom is 0.239 e. The Hall–Kier alpha value is -1.31. The van der Waals surface area contributed by atoms with Gasteiger partial charge in [-0.05, 0) is 23.5 Å². The molecule has 28 heavy (non-hydrogen) atoms. The number of carbonyl (C=O) groups excluding carboxylic acids is 1. The number of nitrogens with two attached hydrogens (primary N) is 1. The third-order valence-electron chi connectivity index (χ3n) is 5.02. The normalized spacial score (nSPS) is 18.6. The first-order chi connectivity index (χ1) is 12.3. The summed E-state index contributed by atoms with van der Waals surface area (Å²) in [5.41, 5.74) is 7.15. The molecule has 1 fully saturated rings. The molecule has 0 aliphatic carbocycles. The third kappa shape index (κ3) is 6.09. The van der Waals surface area contributed by atoms with Gasteiger partial charge in [0, 0.05) is 30.2 Å². The zero-order valence-corrected chi connectivity index (χ0v) is 18.5. The number of nitrogens with zero attached hydrogens (tertiary/aromatic N) is 3. The van der Waals surface area contributed by atoms with Gasteiger partial charge in [0.25, 0.3) is 0 Å². The van der Waals surface area contributed by atoms with E-state index in [-0.39, 0.29) is 42.2 Å². The van der Waals surface area contributed by atoms with Gasteiger partial charge >= 0.3 is 0 Å². The Kier molecular flexibility index (Phi) is 9.24. The highest BCUT2D eigenvalue weighted by Gasteiger charge is 2.33. The summed E-state index contributed by atoms with van der Waals surface area (Å²) in [5.74, 6) is 0.625. The van der Waals surface area contributed by atoms with Gasteiger partial charge < -0.3 is 11.1 Å². The van der Waals surface area contributed by atoms with Crippen LogP contribution in [0.15, 0.2) is 36.5 Å². The standard InChI is InChI=1S/C19H26ClN5O.2ClH/c1-19(2)13-24(10-8-16(19)21)12-18(26)23-17-7-9-22-25(17)11-14-5-3-4-6-15(14)20;;/h3-7,9,16H,8,10-13,21H2,1-2H3,(H,23,26);2*1H. The maximum atomic E-state index is 12.5. The summed E-state index contributed by atoms with van der Waals surface area (Å²) in [5, 5.41) is 7.95. The lowest BCUT2D eigenvalue weighted by atomic mass is 9.80. The molecule has 0 radical (unpaired) electrons. The van der Waals surface area contributed by atoms with Crippen molar-refractivity contribution >= 4 is 48.1 Å². The SMILES string of the molecule is CC1(C)CN(CC(=O)Nc2ccnn2Cc2ccccc2Cl)CCC1N.Cl.Cl. The first-order valence-corrected chi connectivity index (χ1v) is 9.26. The molecule has 156 valence electrons. The number of hydrogen-bond donors (Lipinski definition) is 2. The summed E-state index contributed by atoms with van der Waals surface area (Å²) in [6.07, 6.45) is 2.58. The zero-order chi connectivity index (χ0) is 18.7. The average molecular weight is 449 g/mol. The summed E-state index contributed by atoms with van der Waals surface area (Å²) in [6, 6.07) is 9.61.